The van der Waals surface area contributed by atoms with E-state index in [1.165, 1.54) is 22.6 Å². The van der Waals surface area contributed by atoms with Crippen LogP contribution >= 0.6 is 0 Å². The second-order valence-electron chi connectivity index (χ2n) is 8.29. The van der Waals surface area contributed by atoms with Crippen molar-refractivity contribution in [3.8, 4) is 17.2 Å². The fourth-order valence-corrected chi connectivity index (χ4v) is 4.69. The maximum absolute atomic E-state index is 12.6. The van der Waals surface area contributed by atoms with E-state index in [2.05, 4.69) is 18.3 Å². The monoisotopic (exact) mass is 407 g/mol. The maximum atomic E-state index is 12.6. The summed E-state index contributed by atoms with van der Waals surface area (Å²) in [5, 5.41) is 3.26. The zero-order chi connectivity index (χ0) is 20.8. The van der Waals surface area contributed by atoms with Crippen LogP contribution in [0, 0.1) is 0 Å². The summed E-state index contributed by atoms with van der Waals surface area (Å²) in [4.78, 5) is 15.5. The largest absolute Gasteiger partial charge is 0.493 e. The molecule has 0 spiro atoms. The minimum Gasteiger partial charge on any atom is -0.493 e. The van der Waals surface area contributed by atoms with E-state index in [1.54, 1.807) is 21.3 Å². The molecule has 1 aliphatic heterocycles. The molecular formula is C22H37N3O4+2. The molecule has 3 N–H and O–H groups in total. The van der Waals surface area contributed by atoms with E-state index in [-0.39, 0.29) is 11.9 Å². The van der Waals surface area contributed by atoms with Gasteiger partial charge in [-0.2, -0.15) is 0 Å². The first kappa shape index (κ1) is 21.7. The smallest absolute Gasteiger partial charge is 0.278 e. The van der Waals surface area contributed by atoms with Gasteiger partial charge in [-0.3, -0.25) is 4.79 Å². The molecule has 7 heteroatoms. The van der Waals surface area contributed by atoms with Crippen LogP contribution in [-0.2, 0) is 11.3 Å². The Bertz CT molecular complexity index is 683. The number of hydrogen-bond donors (Lipinski definition) is 3. The number of benzene rings is 1. The molecule has 1 amide bonds. The minimum absolute atomic E-state index is 0.0211. The number of nitrogens with one attached hydrogen (secondary N) is 3. The number of carbonyl (C=O) groups excluding carboxylic acids is 1. The Hall–Kier alpha value is -1.99. The molecule has 0 aromatic heterocycles. The Morgan fingerprint density at radius 2 is 1.69 bits per heavy atom. The van der Waals surface area contributed by atoms with Gasteiger partial charge in [-0.15, -0.1) is 0 Å². The summed E-state index contributed by atoms with van der Waals surface area (Å²) in [6.07, 6.45) is 4.76. The van der Waals surface area contributed by atoms with Gasteiger partial charge in [-0.05, 0) is 31.9 Å². The van der Waals surface area contributed by atoms with Crippen molar-refractivity contribution in [2.75, 3.05) is 47.5 Å². The number of piperazine rings is 1. The Balaban J connectivity index is 1.55. The molecule has 2 fully saturated rings. The van der Waals surface area contributed by atoms with E-state index in [0.717, 1.165) is 56.9 Å². The van der Waals surface area contributed by atoms with Crippen LogP contribution in [-0.4, -0.2) is 65.5 Å². The summed E-state index contributed by atoms with van der Waals surface area (Å²) >= 11 is 0. The maximum Gasteiger partial charge on any atom is 0.278 e. The molecule has 0 bridgehead atoms. The summed E-state index contributed by atoms with van der Waals surface area (Å²) in [6.45, 7) is 7.03. The first-order chi connectivity index (χ1) is 14.1. The number of ether oxygens (including phenoxy) is 3. The molecule has 1 aromatic rings. The Morgan fingerprint density at radius 3 is 2.28 bits per heavy atom. The zero-order valence-corrected chi connectivity index (χ0v) is 18.3. The fourth-order valence-electron chi connectivity index (χ4n) is 4.69. The molecule has 0 unspecified atom stereocenters. The van der Waals surface area contributed by atoms with Crippen molar-refractivity contribution in [3.05, 3.63) is 17.7 Å². The molecule has 2 aliphatic rings. The highest BCUT2D eigenvalue weighted by molar-refractivity contribution is 5.80. The number of carbonyl (C=O) groups is 1. The molecule has 29 heavy (non-hydrogen) atoms. The Morgan fingerprint density at radius 1 is 1.03 bits per heavy atom. The van der Waals surface area contributed by atoms with Gasteiger partial charge in [0.05, 0.1) is 26.9 Å². The average Bonchev–Trinajstić information content (AvgIpc) is 3.26. The van der Waals surface area contributed by atoms with Crippen molar-refractivity contribution in [1.29, 1.82) is 0 Å². The van der Waals surface area contributed by atoms with Crippen molar-refractivity contribution in [1.82, 2.24) is 5.32 Å². The van der Waals surface area contributed by atoms with Crippen molar-refractivity contribution in [3.63, 3.8) is 0 Å². The third-order valence-electron chi connectivity index (χ3n) is 6.53. The SMILES string of the molecule is COc1ccc(C[NH+]2CC[NH+]([C@H](C)C(=O)NC3CCCC3)CC2)c(OC)c1OC. The lowest BCUT2D eigenvalue weighted by atomic mass is 10.1. The number of hydrogen-bond acceptors (Lipinski definition) is 4. The van der Waals surface area contributed by atoms with Gasteiger partial charge in [-0.1, -0.05) is 12.8 Å². The van der Waals surface area contributed by atoms with Crippen molar-refractivity contribution >= 4 is 5.91 Å². The van der Waals surface area contributed by atoms with E-state index in [9.17, 15) is 4.79 Å². The lowest BCUT2D eigenvalue weighted by Gasteiger charge is -2.33. The zero-order valence-electron chi connectivity index (χ0n) is 18.3. The summed E-state index contributed by atoms with van der Waals surface area (Å²) in [6, 6.07) is 4.42. The van der Waals surface area contributed by atoms with Gasteiger partial charge in [0.15, 0.2) is 17.5 Å². The standard InChI is InChI=1S/C22H35N3O4/c1-16(22(26)23-18-7-5-6-8-18)25-13-11-24(12-14-25)15-17-9-10-19(27-2)21(29-4)20(17)28-3/h9-10,16,18H,5-8,11-15H2,1-4H3,(H,23,26)/p+2/t16-/m1/s1. The quantitative estimate of drug-likeness (QED) is 0.541. The van der Waals surface area contributed by atoms with Crippen LogP contribution in [0.1, 0.15) is 38.2 Å². The molecule has 1 saturated carbocycles. The first-order valence-electron chi connectivity index (χ1n) is 10.8. The second-order valence-corrected chi connectivity index (χ2v) is 8.29. The van der Waals surface area contributed by atoms with Gasteiger partial charge in [0, 0.05) is 6.04 Å². The van der Waals surface area contributed by atoms with Crippen LogP contribution in [0.5, 0.6) is 17.2 Å². The lowest BCUT2D eigenvalue weighted by Crippen LogP contribution is -3.29. The average molecular weight is 408 g/mol. The van der Waals surface area contributed by atoms with Crippen molar-refractivity contribution in [2.24, 2.45) is 0 Å². The highest BCUT2D eigenvalue weighted by Crippen LogP contribution is 2.39. The fraction of sp³-hybridized carbons (Fsp3) is 0.682. The number of rotatable bonds is 8. The van der Waals surface area contributed by atoms with Crippen LogP contribution in [0.2, 0.25) is 0 Å². The number of amides is 1. The number of methoxy groups -OCH3 is 3. The van der Waals surface area contributed by atoms with E-state index < -0.39 is 0 Å². The third kappa shape index (κ3) is 5.14. The van der Waals surface area contributed by atoms with E-state index in [0.29, 0.717) is 17.5 Å². The molecule has 162 valence electrons. The van der Waals surface area contributed by atoms with Gasteiger partial charge < -0.3 is 29.3 Å². The molecule has 1 aliphatic carbocycles. The minimum atomic E-state index is 0.0211. The third-order valence-corrected chi connectivity index (χ3v) is 6.53. The summed E-state index contributed by atoms with van der Waals surface area (Å²) in [7, 11) is 4.94. The molecule has 0 radical (unpaired) electrons. The van der Waals surface area contributed by atoms with Crippen LogP contribution in [0.3, 0.4) is 0 Å². The molecule has 1 atom stereocenters. The summed E-state index contributed by atoms with van der Waals surface area (Å²) in [5.41, 5.74) is 1.12. The normalized spacial score (nSPS) is 23.4. The van der Waals surface area contributed by atoms with Gasteiger partial charge in [0.1, 0.15) is 32.7 Å². The Kier molecular flexibility index (Phi) is 7.61. The summed E-state index contributed by atoms with van der Waals surface area (Å²) in [5.74, 6) is 2.29. The number of quaternary nitrogens is 2. The van der Waals surface area contributed by atoms with Crippen LogP contribution in [0.25, 0.3) is 0 Å². The lowest BCUT2D eigenvalue weighted by molar-refractivity contribution is -1.02. The van der Waals surface area contributed by atoms with E-state index in [4.69, 9.17) is 14.2 Å². The first-order valence-corrected chi connectivity index (χ1v) is 10.8. The van der Waals surface area contributed by atoms with Crippen LogP contribution < -0.4 is 29.3 Å². The highest BCUT2D eigenvalue weighted by atomic mass is 16.5. The molecule has 3 rings (SSSR count). The van der Waals surface area contributed by atoms with Crippen LogP contribution in [0.15, 0.2) is 12.1 Å². The molecule has 1 aromatic carbocycles. The van der Waals surface area contributed by atoms with Crippen LogP contribution in [0.4, 0.5) is 0 Å². The Labute approximate surface area is 174 Å². The van der Waals surface area contributed by atoms with Gasteiger partial charge in [0.25, 0.3) is 5.91 Å². The summed E-state index contributed by atoms with van der Waals surface area (Å²) < 4.78 is 16.5. The highest BCUT2D eigenvalue weighted by Gasteiger charge is 2.33. The van der Waals surface area contributed by atoms with E-state index >= 15 is 0 Å². The second kappa shape index (κ2) is 10.2. The molecule has 7 nitrogen and oxygen atoms in total. The van der Waals surface area contributed by atoms with E-state index in [1.807, 2.05) is 6.07 Å². The molecule has 1 saturated heterocycles. The molecule has 1 heterocycles. The van der Waals surface area contributed by atoms with Gasteiger partial charge in [0.2, 0.25) is 5.75 Å². The predicted octanol–water partition coefficient (Wildman–Crippen LogP) is -0.557. The van der Waals surface area contributed by atoms with Crippen molar-refractivity contribution in [2.45, 2.75) is 51.2 Å². The molecular weight excluding hydrogens is 370 g/mol. The van der Waals surface area contributed by atoms with Gasteiger partial charge >= 0.3 is 0 Å². The van der Waals surface area contributed by atoms with Crippen molar-refractivity contribution < 1.29 is 28.8 Å². The topological polar surface area (TPSA) is 65.7 Å². The van der Waals surface area contributed by atoms with Gasteiger partial charge in [-0.25, -0.2) is 0 Å². The predicted molar refractivity (Wildman–Crippen MR) is 111 cm³/mol.